The fourth-order valence-electron chi connectivity index (χ4n) is 3.13. The van der Waals surface area contributed by atoms with Crippen molar-refractivity contribution in [2.24, 2.45) is 5.73 Å². The van der Waals surface area contributed by atoms with Gasteiger partial charge in [0.25, 0.3) is 0 Å². The number of hydrogen-bond acceptors (Lipinski definition) is 4. The second-order valence-corrected chi connectivity index (χ2v) is 5.90. The van der Waals surface area contributed by atoms with Gasteiger partial charge in [-0.3, -0.25) is 4.90 Å². The first-order chi connectivity index (χ1) is 9.74. The van der Waals surface area contributed by atoms with Crippen molar-refractivity contribution in [1.82, 2.24) is 4.90 Å². The van der Waals surface area contributed by atoms with Crippen molar-refractivity contribution in [3.8, 4) is 5.75 Å². The van der Waals surface area contributed by atoms with E-state index >= 15 is 0 Å². The van der Waals surface area contributed by atoms with Crippen LogP contribution >= 0.6 is 0 Å². The Balaban J connectivity index is 1.66. The van der Waals surface area contributed by atoms with E-state index in [0.29, 0.717) is 5.92 Å². The second kappa shape index (κ2) is 6.12. The third-order valence-electron chi connectivity index (χ3n) is 4.33. The highest BCUT2D eigenvalue weighted by Crippen LogP contribution is 2.34. The van der Waals surface area contributed by atoms with E-state index in [-0.39, 0.29) is 12.1 Å². The molecule has 2 aliphatic rings. The molecule has 2 heterocycles. The van der Waals surface area contributed by atoms with E-state index < -0.39 is 0 Å². The van der Waals surface area contributed by atoms with Crippen molar-refractivity contribution in [3.05, 3.63) is 29.8 Å². The lowest BCUT2D eigenvalue weighted by molar-refractivity contribution is -0.0400. The lowest BCUT2D eigenvalue weighted by atomic mass is 9.92. The van der Waals surface area contributed by atoms with Crippen LogP contribution in [0.2, 0.25) is 0 Å². The Morgan fingerprint density at radius 2 is 2.20 bits per heavy atom. The number of hydrogen-bond donors (Lipinski definition) is 1. The summed E-state index contributed by atoms with van der Waals surface area (Å²) < 4.78 is 11.5. The molecule has 110 valence electrons. The van der Waals surface area contributed by atoms with Crippen LogP contribution in [0, 0.1) is 0 Å². The minimum atomic E-state index is 0.0970. The molecule has 1 fully saturated rings. The Kier molecular flexibility index (Phi) is 4.24. The molecule has 3 atom stereocenters. The highest BCUT2D eigenvalue weighted by Gasteiger charge is 2.28. The van der Waals surface area contributed by atoms with E-state index in [4.69, 9.17) is 15.2 Å². The van der Waals surface area contributed by atoms with Crippen molar-refractivity contribution in [2.75, 3.05) is 32.8 Å². The largest absolute Gasteiger partial charge is 0.493 e. The Bertz CT molecular complexity index is 450. The molecule has 0 bridgehead atoms. The van der Waals surface area contributed by atoms with Gasteiger partial charge in [-0.1, -0.05) is 18.2 Å². The maximum absolute atomic E-state index is 5.97. The highest BCUT2D eigenvalue weighted by molar-refractivity contribution is 5.37. The number of benzene rings is 1. The first kappa shape index (κ1) is 13.9. The fourth-order valence-corrected chi connectivity index (χ4v) is 3.13. The molecule has 4 heteroatoms. The summed E-state index contributed by atoms with van der Waals surface area (Å²) >= 11 is 0. The van der Waals surface area contributed by atoms with Crippen LogP contribution in [0.15, 0.2) is 24.3 Å². The summed E-state index contributed by atoms with van der Waals surface area (Å²) in [6.45, 7) is 6.66. The lowest BCUT2D eigenvalue weighted by Gasteiger charge is -2.37. The Morgan fingerprint density at radius 1 is 1.35 bits per heavy atom. The maximum Gasteiger partial charge on any atom is 0.122 e. The van der Waals surface area contributed by atoms with E-state index in [1.165, 1.54) is 5.56 Å². The molecular weight excluding hydrogens is 252 g/mol. The third kappa shape index (κ3) is 2.97. The molecule has 0 radical (unpaired) electrons. The molecule has 1 aromatic rings. The van der Waals surface area contributed by atoms with Gasteiger partial charge in [0.15, 0.2) is 0 Å². The Labute approximate surface area is 120 Å². The standard InChI is InChI=1S/C16H24N2O2/c1-12(17)16-11-18(7-9-20-16)10-13-6-8-19-15-5-3-2-4-14(13)15/h2-5,12-13,16H,6-11,17H2,1H3. The topological polar surface area (TPSA) is 47.7 Å². The summed E-state index contributed by atoms with van der Waals surface area (Å²) in [6.07, 6.45) is 1.26. The van der Waals surface area contributed by atoms with E-state index in [2.05, 4.69) is 23.1 Å². The molecule has 0 spiro atoms. The molecule has 2 N–H and O–H groups in total. The van der Waals surface area contributed by atoms with Gasteiger partial charge in [-0.05, 0) is 25.0 Å². The van der Waals surface area contributed by atoms with Gasteiger partial charge in [0.05, 0.1) is 19.3 Å². The van der Waals surface area contributed by atoms with E-state index in [1.54, 1.807) is 0 Å². The van der Waals surface area contributed by atoms with Gasteiger partial charge in [0.2, 0.25) is 0 Å². The first-order valence-corrected chi connectivity index (χ1v) is 7.55. The number of rotatable bonds is 3. The molecule has 0 aliphatic carbocycles. The molecular formula is C16H24N2O2. The van der Waals surface area contributed by atoms with Crippen LogP contribution in [0.4, 0.5) is 0 Å². The third-order valence-corrected chi connectivity index (χ3v) is 4.33. The summed E-state index contributed by atoms with van der Waals surface area (Å²) in [6, 6.07) is 8.51. The number of nitrogens with zero attached hydrogens (tertiary/aromatic N) is 1. The summed E-state index contributed by atoms with van der Waals surface area (Å²) in [5.74, 6) is 1.62. The zero-order chi connectivity index (χ0) is 13.9. The summed E-state index contributed by atoms with van der Waals surface area (Å²) in [5, 5.41) is 0. The predicted molar refractivity (Wildman–Crippen MR) is 79.1 cm³/mol. The van der Waals surface area contributed by atoms with Crippen molar-refractivity contribution in [2.45, 2.75) is 31.4 Å². The second-order valence-electron chi connectivity index (χ2n) is 5.90. The molecule has 20 heavy (non-hydrogen) atoms. The average Bonchev–Trinajstić information content (AvgIpc) is 2.48. The van der Waals surface area contributed by atoms with Crippen molar-refractivity contribution < 1.29 is 9.47 Å². The van der Waals surface area contributed by atoms with Crippen molar-refractivity contribution in [3.63, 3.8) is 0 Å². The van der Waals surface area contributed by atoms with E-state index in [1.807, 2.05) is 13.0 Å². The molecule has 1 aromatic carbocycles. The minimum Gasteiger partial charge on any atom is -0.493 e. The van der Waals surface area contributed by atoms with Gasteiger partial charge >= 0.3 is 0 Å². The monoisotopic (exact) mass is 276 g/mol. The quantitative estimate of drug-likeness (QED) is 0.911. The molecule has 2 aliphatic heterocycles. The lowest BCUT2D eigenvalue weighted by Crippen LogP contribution is -2.50. The molecule has 1 saturated heterocycles. The predicted octanol–water partition coefficient (Wildman–Crippen LogP) is 1.60. The zero-order valence-corrected chi connectivity index (χ0v) is 12.1. The van der Waals surface area contributed by atoms with Gasteiger partial charge in [-0.25, -0.2) is 0 Å². The van der Waals surface area contributed by atoms with Crippen LogP contribution in [-0.4, -0.2) is 49.9 Å². The summed E-state index contributed by atoms with van der Waals surface area (Å²) in [4.78, 5) is 2.49. The summed E-state index contributed by atoms with van der Waals surface area (Å²) in [5.41, 5.74) is 7.32. The molecule has 3 rings (SSSR count). The van der Waals surface area contributed by atoms with Gasteiger partial charge in [0, 0.05) is 31.6 Å². The van der Waals surface area contributed by atoms with Crippen molar-refractivity contribution >= 4 is 0 Å². The SMILES string of the molecule is CC(N)C1CN(CC2CCOc3ccccc32)CCO1. The van der Waals surface area contributed by atoms with Gasteiger partial charge in [-0.2, -0.15) is 0 Å². The number of ether oxygens (including phenoxy) is 2. The van der Waals surface area contributed by atoms with Crippen LogP contribution in [0.1, 0.15) is 24.8 Å². The van der Waals surface area contributed by atoms with Gasteiger partial charge in [-0.15, -0.1) is 0 Å². The number of para-hydroxylation sites is 1. The number of morpholine rings is 1. The van der Waals surface area contributed by atoms with E-state index in [9.17, 15) is 0 Å². The first-order valence-electron chi connectivity index (χ1n) is 7.55. The molecule has 0 saturated carbocycles. The maximum atomic E-state index is 5.97. The Hall–Kier alpha value is -1.10. The Morgan fingerprint density at radius 3 is 3.05 bits per heavy atom. The van der Waals surface area contributed by atoms with Crippen molar-refractivity contribution in [1.29, 1.82) is 0 Å². The van der Waals surface area contributed by atoms with E-state index in [0.717, 1.165) is 45.0 Å². The van der Waals surface area contributed by atoms with Crippen LogP contribution < -0.4 is 10.5 Å². The average molecular weight is 276 g/mol. The zero-order valence-electron chi connectivity index (χ0n) is 12.1. The van der Waals surface area contributed by atoms with Crippen LogP contribution in [0.3, 0.4) is 0 Å². The smallest absolute Gasteiger partial charge is 0.122 e. The number of fused-ring (bicyclic) bond motifs is 1. The normalized spacial score (nSPS) is 28.5. The van der Waals surface area contributed by atoms with Crippen LogP contribution in [-0.2, 0) is 4.74 Å². The minimum absolute atomic E-state index is 0.0970. The molecule has 4 nitrogen and oxygen atoms in total. The molecule has 3 unspecified atom stereocenters. The fraction of sp³-hybridized carbons (Fsp3) is 0.625. The van der Waals surface area contributed by atoms with Crippen LogP contribution in [0.25, 0.3) is 0 Å². The molecule has 0 amide bonds. The van der Waals surface area contributed by atoms with Gasteiger partial charge in [0.1, 0.15) is 5.75 Å². The van der Waals surface area contributed by atoms with Crippen LogP contribution in [0.5, 0.6) is 5.75 Å². The number of nitrogens with two attached hydrogens (primary N) is 1. The highest BCUT2D eigenvalue weighted by atomic mass is 16.5. The van der Waals surface area contributed by atoms with Gasteiger partial charge < -0.3 is 15.2 Å². The summed E-state index contributed by atoms with van der Waals surface area (Å²) in [7, 11) is 0. The molecule has 0 aromatic heterocycles.